The highest BCUT2D eigenvalue weighted by molar-refractivity contribution is 6.09. The lowest BCUT2D eigenvalue weighted by Gasteiger charge is -2.26. The summed E-state index contributed by atoms with van der Waals surface area (Å²) in [5.41, 5.74) is 19.2. The van der Waals surface area contributed by atoms with Crippen LogP contribution in [0, 0.1) is 0 Å². The Morgan fingerprint density at radius 2 is 0.667 bits per heavy atom. The number of anilines is 3. The molecule has 0 bridgehead atoms. The fourth-order valence-corrected chi connectivity index (χ4v) is 9.70. The van der Waals surface area contributed by atoms with E-state index in [0.717, 1.165) is 50.1 Å². The van der Waals surface area contributed by atoms with Crippen molar-refractivity contribution in [3.63, 3.8) is 0 Å². The summed E-state index contributed by atoms with van der Waals surface area (Å²) < 4.78 is 6.45. The molecule has 0 fully saturated rings. The first-order valence-corrected chi connectivity index (χ1v) is 22.6. The minimum atomic E-state index is 0.902. The highest BCUT2D eigenvalue weighted by Crippen LogP contribution is 2.44. The molecular weight excluding hydrogens is 799 g/mol. The van der Waals surface area contributed by atoms with Crippen LogP contribution in [0.5, 0.6) is 0 Å². The van der Waals surface area contributed by atoms with Gasteiger partial charge in [0.15, 0.2) is 0 Å². The van der Waals surface area contributed by atoms with Crippen molar-refractivity contribution in [3.8, 4) is 66.8 Å². The zero-order valence-electron chi connectivity index (χ0n) is 36.2. The SMILES string of the molecule is c1ccc(-c2ccc(N(c3ccc(-c4cccc5c4oc4ccccc45)cc3)c3ccc4ccc(-c5ccccc5-c5ccccc5-c5ccccc5-c5ccccc5)cc4c3)cc2)cc1. The van der Waals surface area contributed by atoms with Gasteiger partial charge >= 0.3 is 0 Å². The van der Waals surface area contributed by atoms with Crippen molar-refractivity contribution < 1.29 is 4.42 Å². The predicted molar refractivity (Wildman–Crippen MR) is 279 cm³/mol. The first-order chi connectivity index (χ1) is 32.7. The number of nitrogens with zero attached hydrogens (tertiary/aromatic N) is 1. The lowest BCUT2D eigenvalue weighted by molar-refractivity contribution is 0.670. The molecule has 1 aromatic heterocycles. The Hall–Kier alpha value is -8.72. The second kappa shape index (κ2) is 16.8. The molecule has 0 atom stereocenters. The van der Waals surface area contributed by atoms with Gasteiger partial charge in [0.25, 0.3) is 0 Å². The number of hydrogen-bond acceptors (Lipinski definition) is 2. The van der Waals surface area contributed by atoms with Gasteiger partial charge in [-0.25, -0.2) is 0 Å². The number of para-hydroxylation sites is 2. The van der Waals surface area contributed by atoms with Crippen molar-refractivity contribution >= 4 is 49.8 Å². The lowest BCUT2D eigenvalue weighted by Crippen LogP contribution is -2.09. The number of fused-ring (bicyclic) bond motifs is 4. The first-order valence-electron chi connectivity index (χ1n) is 22.6. The van der Waals surface area contributed by atoms with E-state index in [1.807, 2.05) is 12.1 Å². The van der Waals surface area contributed by atoms with Gasteiger partial charge in [0.05, 0.1) is 0 Å². The maximum Gasteiger partial charge on any atom is 0.143 e. The van der Waals surface area contributed by atoms with Crippen molar-refractivity contribution in [1.29, 1.82) is 0 Å². The van der Waals surface area contributed by atoms with Gasteiger partial charge in [-0.2, -0.15) is 0 Å². The van der Waals surface area contributed by atoms with Gasteiger partial charge < -0.3 is 9.32 Å². The normalized spacial score (nSPS) is 11.3. The van der Waals surface area contributed by atoms with E-state index in [-0.39, 0.29) is 0 Å². The zero-order chi connectivity index (χ0) is 43.8. The third kappa shape index (κ3) is 7.12. The molecule has 0 saturated carbocycles. The molecule has 0 aliphatic rings. The number of rotatable bonds is 9. The van der Waals surface area contributed by atoms with Crippen LogP contribution in [0.15, 0.2) is 265 Å². The molecule has 66 heavy (non-hydrogen) atoms. The van der Waals surface area contributed by atoms with Crippen LogP contribution in [0.1, 0.15) is 0 Å². The second-order valence-corrected chi connectivity index (χ2v) is 16.8. The van der Waals surface area contributed by atoms with Crippen LogP contribution in [-0.4, -0.2) is 0 Å². The van der Waals surface area contributed by atoms with Crippen LogP contribution in [0.2, 0.25) is 0 Å². The average molecular weight is 842 g/mol. The summed E-state index contributed by atoms with van der Waals surface area (Å²) >= 11 is 0. The minimum absolute atomic E-state index is 0.902. The average Bonchev–Trinajstić information content (AvgIpc) is 3.79. The highest BCUT2D eigenvalue weighted by Gasteiger charge is 2.18. The number of benzene rings is 11. The van der Waals surface area contributed by atoms with Gasteiger partial charge in [0, 0.05) is 33.4 Å². The third-order valence-corrected chi connectivity index (χ3v) is 12.9. The Labute approximate surface area is 384 Å². The molecule has 2 heteroatoms. The molecule has 11 aromatic carbocycles. The molecule has 0 saturated heterocycles. The standard InChI is InChI=1S/C64H43NO/c1-3-16-44(17-4-1)45-32-37-51(38-33-45)65(52-39-35-48(36-40-52)56-27-15-28-62-61-26-13-14-29-63(61)66-64(56)62)53-41-34-46-30-31-49(42-50(46)43-53)55-21-8-10-23-58(55)60-25-12-11-24-59(60)57-22-9-7-20-54(57)47-18-5-2-6-19-47/h1-43H. The minimum Gasteiger partial charge on any atom is -0.455 e. The van der Waals surface area contributed by atoms with E-state index in [1.165, 1.54) is 66.4 Å². The summed E-state index contributed by atoms with van der Waals surface area (Å²) in [4.78, 5) is 2.36. The van der Waals surface area contributed by atoms with Crippen molar-refractivity contribution in [2.45, 2.75) is 0 Å². The van der Waals surface area contributed by atoms with Gasteiger partial charge in [-0.3, -0.25) is 0 Å². The van der Waals surface area contributed by atoms with Crippen molar-refractivity contribution in [2.24, 2.45) is 0 Å². The smallest absolute Gasteiger partial charge is 0.143 e. The van der Waals surface area contributed by atoms with Gasteiger partial charge in [-0.1, -0.05) is 212 Å². The quantitative estimate of drug-likeness (QED) is 0.144. The van der Waals surface area contributed by atoms with Gasteiger partial charge in [-0.05, 0) is 121 Å². The predicted octanol–water partition coefficient (Wildman–Crippen LogP) is 18.2. The Bertz CT molecular complexity index is 3680. The highest BCUT2D eigenvalue weighted by atomic mass is 16.3. The lowest BCUT2D eigenvalue weighted by atomic mass is 9.86. The maximum atomic E-state index is 6.45. The fourth-order valence-electron chi connectivity index (χ4n) is 9.70. The molecular formula is C64H43NO. The van der Waals surface area contributed by atoms with E-state index >= 15 is 0 Å². The molecule has 0 radical (unpaired) electrons. The van der Waals surface area contributed by atoms with Crippen LogP contribution >= 0.6 is 0 Å². The third-order valence-electron chi connectivity index (χ3n) is 12.9. The molecule has 0 aliphatic heterocycles. The molecule has 1 heterocycles. The van der Waals surface area contributed by atoms with E-state index in [0.29, 0.717) is 0 Å². The molecule has 0 amide bonds. The molecule has 0 N–H and O–H groups in total. The largest absolute Gasteiger partial charge is 0.455 e. The van der Waals surface area contributed by atoms with E-state index in [2.05, 4.69) is 254 Å². The molecule has 0 spiro atoms. The van der Waals surface area contributed by atoms with E-state index in [4.69, 9.17) is 4.42 Å². The van der Waals surface area contributed by atoms with E-state index in [9.17, 15) is 0 Å². The fraction of sp³-hybridized carbons (Fsp3) is 0. The van der Waals surface area contributed by atoms with Crippen molar-refractivity contribution in [3.05, 3.63) is 261 Å². The summed E-state index contributed by atoms with van der Waals surface area (Å²) in [5.74, 6) is 0. The first kappa shape index (κ1) is 38.9. The molecule has 12 aromatic rings. The number of furan rings is 1. The summed E-state index contributed by atoms with van der Waals surface area (Å²) in [6, 6.07) is 93.9. The monoisotopic (exact) mass is 841 g/mol. The topological polar surface area (TPSA) is 16.4 Å². The Balaban J connectivity index is 0.953. The van der Waals surface area contributed by atoms with Crippen LogP contribution in [0.3, 0.4) is 0 Å². The van der Waals surface area contributed by atoms with Gasteiger partial charge in [-0.15, -0.1) is 0 Å². The Morgan fingerprint density at radius 3 is 1.32 bits per heavy atom. The Morgan fingerprint density at radius 1 is 0.242 bits per heavy atom. The summed E-state index contributed by atoms with van der Waals surface area (Å²) in [6.07, 6.45) is 0. The van der Waals surface area contributed by atoms with Crippen LogP contribution in [-0.2, 0) is 0 Å². The maximum absolute atomic E-state index is 6.45. The summed E-state index contributed by atoms with van der Waals surface area (Å²) in [7, 11) is 0. The molecule has 0 unspecified atom stereocenters. The van der Waals surface area contributed by atoms with Crippen molar-refractivity contribution in [1.82, 2.24) is 0 Å². The van der Waals surface area contributed by atoms with Crippen LogP contribution < -0.4 is 4.90 Å². The molecule has 2 nitrogen and oxygen atoms in total. The van der Waals surface area contributed by atoms with Crippen molar-refractivity contribution in [2.75, 3.05) is 4.90 Å². The Kier molecular flexibility index (Phi) is 9.89. The molecule has 12 rings (SSSR count). The van der Waals surface area contributed by atoms with Gasteiger partial charge in [0.1, 0.15) is 11.2 Å². The zero-order valence-corrected chi connectivity index (χ0v) is 36.2. The van der Waals surface area contributed by atoms with E-state index < -0.39 is 0 Å². The summed E-state index contributed by atoms with van der Waals surface area (Å²) in [6.45, 7) is 0. The van der Waals surface area contributed by atoms with Crippen LogP contribution in [0.25, 0.3) is 99.5 Å². The van der Waals surface area contributed by atoms with E-state index in [1.54, 1.807) is 0 Å². The number of hydrogen-bond donors (Lipinski definition) is 0. The van der Waals surface area contributed by atoms with Crippen LogP contribution in [0.4, 0.5) is 17.1 Å². The molecule has 310 valence electrons. The molecule has 0 aliphatic carbocycles. The summed E-state index contributed by atoms with van der Waals surface area (Å²) in [5, 5.41) is 4.61. The second-order valence-electron chi connectivity index (χ2n) is 16.8. The van der Waals surface area contributed by atoms with Gasteiger partial charge in [0.2, 0.25) is 0 Å².